The van der Waals surface area contributed by atoms with E-state index >= 15 is 0 Å². The summed E-state index contributed by atoms with van der Waals surface area (Å²) in [5, 5.41) is 30.9. The minimum absolute atomic E-state index is 0.0965. The highest BCUT2D eigenvalue weighted by Crippen LogP contribution is 2.14. The number of hydrogen-bond donors (Lipinski definition) is 4. The first-order chi connectivity index (χ1) is 12.8. The van der Waals surface area contributed by atoms with Crippen molar-refractivity contribution in [3.63, 3.8) is 0 Å². The predicted molar refractivity (Wildman–Crippen MR) is 100 cm³/mol. The van der Waals surface area contributed by atoms with Crippen LogP contribution in [0.2, 0.25) is 5.02 Å². The Bertz CT molecular complexity index is 702. The highest BCUT2D eigenvalue weighted by atomic mass is 35.5. The molecule has 4 N–H and O–H groups in total. The molecule has 0 aliphatic heterocycles. The van der Waals surface area contributed by atoms with Crippen LogP contribution in [0.4, 0.5) is 0 Å². The number of nitrogens with one attached hydrogen (secondary N) is 2. The van der Waals surface area contributed by atoms with E-state index in [9.17, 15) is 10.1 Å². The Morgan fingerprint density at radius 1 is 1.00 bits per heavy atom. The van der Waals surface area contributed by atoms with Gasteiger partial charge in [-0.25, -0.2) is 9.59 Å². The van der Waals surface area contributed by atoms with Crippen molar-refractivity contribution in [2.45, 2.75) is 26.7 Å². The molecule has 0 aromatic heterocycles. The normalized spacial score (nSPS) is 9.11. The lowest BCUT2D eigenvalue weighted by atomic mass is 10.0. The molecule has 0 saturated heterocycles. The number of Topliss-reactive ketones (excluding diaryl/α,β-unsaturated/α-hetero) is 1. The number of nitrogens with zero attached hydrogens (tertiary/aromatic N) is 1. The summed E-state index contributed by atoms with van der Waals surface area (Å²) >= 11 is 5.82. The average molecular weight is 396 g/mol. The Labute approximate surface area is 162 Å². The van der Waals surface area contributed by atoms with E-state index in [4.69, 9.17) is 31.4 Å². The van der Waals surface area contributed by atoms with Crippen molar-refractivity contribution in [1.82, 2.24) is 10.6 Å². The van der Waals surface area contributed by atoms with Gasteiger partial charge in [0.25, 0.3) is 0 Å². The molecule has 0 fully saturated rings. The van der Waals surface area contributed by atoms with E-state index in [-0.39, 0.29) is 11.4 Å². The zero-order chi connectivity index (χ0) is 20.8. The second kappa shape index (κ2) is 13.2. The summed E-state index contributed by atoms with van der Waals surface area (Å²) in [6.07, 6.45) is 1.82. The zero-order valence-electron chi connectivity index (χ0n) is 15.1. The molecular formula is C18H22ClN3O5. The van der Waals surface area contributed by atoms with Gasteiger partial charge in [-0.3, -0.25) is 4.79 Å². The number of carbonyl (C=O) groups excluding carboxylic acids is 1. The number of carbonyl (C=O) groups is 3. The van der Waals surface area contributed by atoms with Crippen LogP contribution in [0, 0.1) is 11.3 Å². The summed E-state index contributed by atoms with van der Waals surface area (Å²) in [6, 6.07) is 8.54. The minimum atomic E-state index is -1.82. The molecule has 0 heterocycles. The molecule has 27 heavy (non-hydrogen) atoms. The molecule has 0 radical (unpaired) electrons. The maximum atomic E-state index is 12.5. The molecule has 1 aromatic rings. The molecule has 0 atom stereocenters. The maximum Gasteiger partial charge on any atom is 0.414 e. The quantitative estimate of drug-likeness (QED) is 0.228. The summed E-state index contributed by atoms with van der Waals surface area (Å²) in [5.74, 6) is -3.46. The van der Waals surface area contributed by atoms with Crippen LogP contribution in [0.1, 0.15) is 37.0 Å². The highest BCUT2D eigenvalue weighted by Gasteiger charge is 2.17. The van der Waals surface area contributed by atoms with Crippen LogP contribution in [0.15, 0.2) is 35.7 Å². The van der Waals surface area contributed by atoms with Crippen molar-refractivity contribution >= 4 is 29.3 Å². The summed E-state index contributed by atoms with van der Waals surface area (Å²) in [7, 11) is 0. The second-order valence-corrected chi connectivity index (χ2v) is 5.60. The van der Waals surface area contributed by atoms with E-state index in [1.807, 2.05) is 19.9 Å². The van der Waals surface area contributed by atoms with Gasteiger partial charge >= 0.3 is 11.9 Å². The van der Waals surface area contributed by atoms with Crippen molar-refractivity contribution < 1.29 is 24.6 Å². The van der Waals surface area contributed by atoms with Crippen LogP contribution in [0.5, 0.6) is 0 Å². The summed E-state index contributed by atoms with van der Waals surface area (Å²) in [5.41, 5.74) is 0.546. The number of allylic oxidation sites excluding steroid dienone is 1. The van der Waals surface area contributed by atoms with Gasteiger partial charge < -0.3 is 20.8 Å². The third kappa shape index (κ3) is 9.28. The van der Waals surface area contributed by atoms with Gasteiger partial charge in [0.2, 0.25) is 5.78 Å². The van der Waals surface area contributed by atoms with Gasteiger partial charge in [-0.1, -0.05) is 25.4 Å². The topological polar surface area (TPSA) is 140 Å². The average Bonchev–Trinajstić information content (AvgIpc) is 2.64. The summed E-state index contributed by atoms with van der Waals surface area (Å²) in [4.78, 5) is 30.7. The highest BCUT2D eigenvalue weighted by molar-refractivity contribution is 6.30. The number of benzene rings is 1. The monoisotopic (exact) mass is 395 g/mol. The standard InChI is InChI=1S/C16H20ClN3O.C2H2O4/c1-3-9-19-16(20-10-4-2)14(11-18)15(21)12-5-7-13(17)8-6-12;3-1(4)2(5)6/h5-8,19-20H,3-4,9-10H2,1-2H3;(H,3,4)(H,5,6). The van der Waals surface area contributed by atoms with E-state index in [0.717, 1.165) is 12.8 Å². The number of ketones is 1. The lowest BCUT2D eigenvalue weighted by Gasteiger charge is -2.14. The lowest BCUT2D eigenvalue weighted by Crippen LogP contribution is -2.30. The van der Waals surface area contributed by atoms with Crippen LogP contribution in [-0.2, 0) is 9.59 Å². The first kappa shape index (κ1) is 23.9. The number of aliphatic carboxylic acids is 2. The van der Waals surface area contributed by atoms with E-state index in [0.29, 0.717) is 29.5 Å². The molecule has 9 heteroatoms. The molecule has 0 aliphatic carbocycles. The van der Waals surface area contributed by atoms with Gasteiger partial charge in [-0.15, -0.1) is 0 Å². The van der Waals surface area contributed by atoms with Gasteiger partial charge in [0.05, 0.1) is 0 Å². The number of halogens is 1. The van der Waals surface area contributed by atoms with Crippen molar-refractivity contribution in [2.75, 3.05) is 13.1 Å². The van der Waals surface area contributed by atoms with Gasteiger partial charge in [-0.2, -0.15) is 5.26 Å². The fraction of sp³-hybridized carbons (Fsp3) is 0.333. The van der Waals surface area contributed by atoms with Crippen LogP contribution in [0.25, 0.3) is 0 Å². The number of hydrogen-bond acceptors (Lipinski definition) is 6. The molecule has 1 aromatic carbocycles. The number of rotatable bonds is 8. The first-order valence-corrected chi connectivity index (χ1v) is 8.54. The summed E-state index contributed by atoms with van der Waals surface area (Å²) < 4.78 is 0. The molecule has 146 valence electrons. The predicted octanol–water partition coefficient (Wildman–Crippen LogP) is 2.41. The van der Waals surface area contributed by atoms with E-state index < -0.39 is 11.9 Å². The van der Waals surface area contributed by atoms with Crippen LogP contribution in [0.3, 0.4) is 0 Å². The Balaban J connectivity index is 0.000000972. The second-order valence-electron chi connectivity index (χ2n) is 5.16. The first-order valence-electron chi connectivity index (χ1n) is 8.16. The molecule has 0 bridgehead atoms. The lowest BCUT2D eigenvalue weighted by molar-refractivity contribution is -0.159. The Morgan fingerprint density at radius 3 is 1.78 bits per heavy atom. The molecule has 0 amide bonds. The van der Waals surface area contributed by atoms with Crippen LogP contribution in [-0.4, -0.2) is 41.0 Å². The molecule has 0 unspecified atom stereocenters. The third-order valence-electron chi connectivity index (χ3n) is 2.98. The van der Waals surface area contributed by atoms with Crippen LogP contribution < -0.4 is 10.6 Å². The Morgan fingerprint density at radius 2 is 1.44 bits per heavy atom. The molecule has 8 nitrogen and oxygen atoms in total. The maximum absolute atomic E-state index is 12.5. The largest absolute Gasteiger partial charge is 0.473 e. The molecule has 0 aliphatic rings. The summed E-state index contributed by atoms with van der Waals surface area (Å²) in [6.45, 7) is 5.45. The Kier molecular flexibility index (Phi) is 11.7. The fourth-order valence-corrected chi connectivity index (χ4v) is 1.83. The van der Waals surface area contributed by atoms with E-state index in [1.54, 1.807) is 24.3 Å². The Hall–Kier alpha value is -3.05. The van der Waals surface area contributed by atoms with Crippen LogP contribution >= 0.6 is 11.6 Å². The fourth-order valence-electron chi connectivity index (χ4n) is 1.71. The smallest absolute Gasteiger partial charge is 0.414 e. The van der Waals surface area contributed by atoms with Gasteiger partial charge in [-0.05, 0) is 37.1 Å². The SMILES string of the molecule is CCCNC(NCCC)=C(C#N)C(=O)c1ccc(Cl)cc1.O=C(O)C(=O)O. The third-order valence-corrected chi connectivity index (χ3v) is 3.23. The van der Waals surface area contributed by atoms with Crippen molar-refractivity contribution in [3.05, 3.63) is 46.2 Å². The number of nitriles is 1. The molecule has 0 saturated carbocycles. The van der Waals surface area contributed by atoms with Crippen molar-refractivity contribution in [3.8, 4) is 6.07 Å². The number of carboxylic acids is 2. The van der Waals surface area contributed by atoms with Gasteiger partial charge in [0.15, 0.2) is 0 Å². The minimum Gasteiger partial charge on any atom is -0.473 e. The molecular weight excluding hydrogens is 374 g/mol. The van der Waals surface area contributed by atoms with Crippen molar-refractivity contribution in [1.29, 1.82) is 5.26 Å². The van der Waals surface area contributed by atoms with E-state index in [2.05, 4.69) is 10.6 Å². The van der Waals surface area contributed by atoms with Gasteiger partial charge in [0, 0.05) is 23.7 Å². The zero-order valence-corrected chi connectivity index (χ0v) is 15.8. The van der Waals surface area contributed by atoms with E-state index in [1.165, 1.54) is 0 Å². The molecule has 1 rings (SSSR count). The number of carboxylic acid groups (broad SMARTS) is 2. The van der Waals surface area contributed by atoms with Crippen molar-refractivity contribution in [2.24, 2.45) is 0 Å². The van der Waals surface area contributed by atoms with Gasteiger partial charge in [0.1, 0.15) is 17.5 Å². The molecule has 0 spiro atoms.